The zero-order chi connectivity index (χ0) is 28.2. The maximum absolute atomic E-state index is 13.9. The van der Waals surface area contributed by atoms with Crippen LogP contribution in [0, 0.1) is 6.92 Å². The first-order chi connectivity index (χ1) is 18.7. The largest absolute Gasteiger partial charge is 0.494 e. The van der Waals surface area contributed by atoms with E-state index in [4.69, 9.17) is 14.5 Å². The van der Waals surface area contributed by atoms with Crippen molar-refractivity contribution in [2.75, 3.05) is 14.2 Å². The Morgan fingerprint density at radius 1 is 0.949 bits per heavy atom. The maximum atomic E-state index is 13.9. The number of methoxy groups -OCH3 is 2. The smallest absolute Gasteiger partial charge is 0.187 e. The summed E-state index contributed by atoms with van der Waals surface area (Å²) >= 11 is 0. The van der Waals surface area contributed by atoms with Gasteiger partial charge in [-0.05, 0) is 56.5 Å². The van der Waals surface area contributed by atoms with E-state index < -0.39 is 15.1 Å². The summed E-state index contributed by atoms with van der Waals surface area (Å²) in [5.41, 5.74) is 2.85. The van der Waals surface area contributed by atoms with E-state index in [2.05, 4.69) is 20.2 Å². The predicted octanol–water partition coefficient (Wildman–Crippen LogP) is 4.50. The van der Waals surface area contributed by atoms with Crippen molar-refractivity contribution in [3.8, 4) is 28.7 Å². The molecule has 0 aliphatic rings. The second-order valence-electron chi connectivity index (χ2n) is 9.30. The van der Waals surface area contributed by atoms with Crippen LogP contribution in [0.1, 0.15) is 56.0 Å². The highest BCUT2D eigenvalue weighted by atomic mass is 32.2. The molecule has 0 aliphatic heterocycles. The van der Waals surface area contributed by atoms with E-state index in [1.807, 2.05) is 39.0 Å². The lowest BCUT2D eigenvalue weighted by atomic mass is 10.0. The van der Waals surface area contributed by atoms with Crippen molar-refractivity contribution in [1.29, 1.82) is 0 Å². The van der Waals surface area contributed by atoms with Gasteiger partial charge in [0.25, 0.3) is 0 Å². The first-order valence-electron chi connectivity index (χ1n) is 12.9. The molecule has 0 saturated heterocycles. The molecule has 0 saturated carbocycles. The number of rotatable bonds is 11. The van der Waals surface area contributed by atoms with E-state index in [1.165, 1.54) is 0 Å². The van der Waals surface area contributed by atoms with Gasteiger partial charge in [0, 0.05) is 24.0 Å². The first-order valence-corrected chi connectivity index (χ1v) is 14.6. The Labute approximate surface area is 229 Å². The Hall–Kier alpha value is -3.86. The number of aromatic nitrogens is 6. The number of sulfone groups is 1. The van der Waals surface area contributed by atoms with Gasteiger partial charge in [-0.1, -0.05) is 26.0 Å². The molecule has 0 radical (unpaired) electrons. The van der Waals surface area contributed by atoms with Crippen molar-refractivity contribution >= 4 is 9.84 Å². The highest BCUT2D eigenvalue weighted by Crippen LogP contribution is 2.37. The van der Waals surface area contributed by atoms with Gasteiger partial charge in [-0.15, -0.1) is 10.2 Å². The zero-order valence-corrected chi connectivity index (χ0v) is 23.9. The van der Waals surface area contributed by atoms with Crippen molar-refractivity contribution in [3.05, 3.63) is 71.7 Å². The summed E-state index contributed by atoms with van der Waals surface area (Å²) in [6, 6.07) is 11.0. The Balaban J connectivity index is 1.85. The fraction of sp³-hybridized carbons (Fsp3) is 0.393. The molecule has 0 aliphatic carbocycles. The molecule has 0 unspecified atom stereocenters. The number of pyridine rings is 1. The molecule has 1 aromatic carbocycles. The van der Waals surface area contributed by atoms with Crippen LogP contribution >= 0.6 is 0 Å². The van der Waals surface area contributed by atoms with E-state index in [1.54, 1.807) is 56.3 Å². The van der Waals surface area contributed by atoms with Crippen LogP contribution in [0.2, 0.25) is 0 Å². The molecule has 0 amide bonds. The highest BCUT2D eigenvalue weighted by molar-refractivity contribution is 7.91. The van der Waals surface area contributed by atoms with Crippen LogP contribution in [-0.2, 0) is 22.0 Å². The lowest BCUT2D eigenvalue weighted by Crippen LogP contribution is -2.29. The van der Waals surface area contributed by atoms with Crippen molar-refractivity contribution in [2.45, 2.75) is 57.5 Å². The number of para-hydroxylation sites is 1. The molecule has 4 aromatic rings. The van der Waals surface area contributed by atoms with Crippen LogP contribution in [-0.4, -0.2) is 57.6 Å². The molecular weight excluding hydrogens is 516 g/mol. The zero-order valence-electron chi connectivity index (χ0n) is 23.1. The minimum Gasteiger partial charge on any atom is -0.494 e. The Kier molecular flexibility index (Phi) is 8.59. The van der Waals surface area contributed by atoms with Crippen LogP contribution in [0.15, 0.2) is 48.8 Å². The van der Waals surface area contributed by atoms with E-state index in [-0.39, 0.29) is 17.5 Å². The van der Waals surface area contributed by atoms with Crippen LogP contribution in [0.25, 0.3) is 17.2 Å². The second-order valence-corrected chi connectivity index (χ2v) is 11.7. The number of ether oxygens (including phenoxy) is 2. The summed E-state index contributed by atoms with van der Waals surface area (Å²) in [7, 11) is -0.648. The predicted molar refractivity (Wildman–Crippen MR) is 149 cm³/mol. The molecule has 10 nitrogen and oxygen atoms in total. The lowest BCUT2D eigenvalue weighted by Gasteiger charge is -2.22. The summed E-state index contributed by atoms with van der Waals surface area (Å²) in [5.74, 6) is 1.34. The van der Waals surface area contributed by atoms with Crippen LogP contribution in [0.5, 0.6) is 11.5 Å². The van der Waals surface area contributed by atoms with Crippen LogP contribution < -0.4 is 9.47 Å². The second kappa shape index (κ2) is 11.9. The van der Waals surface area contributed by atoms with Gasteiger partial charge >= 0.3 is 0 Å². The number of aryl methyl sites for hydroxylation is 2. The SMILES string of the molecule is CCc1cccc(-c2nnc(CS(=O)(=O)[C@@H](C)[C@H](CC)c3ncc(C)cn3)n2-c2c(OC)cccc2OC)n1. The number of hydrogen-bond donors (Lipinski definition) is 0. The third-order valence-corrected chi connectivity index (χ3v) is 8.91. The lowest BCUT2D eigenvalue weighted by molar-refractivity contribution is 0.390. The summed E-state index contributed by atoms with van der Waals surface area (Å²) in [6.45, 7) is 7.55. The molecule has 3 aromatic heterocycles. The van der Waals surface area contributed by atoms with Crippen molar-refractivity contribution < 1.29 is 17.9 Å². The average molecular weight is 551 g/mol. The molecule has 3 heterocycles. The van der Waals surface area contributed by atoms with Gasteiger partial charge in [0.15, 0.2) is 21.5 Å². The quantitative estimate of drug-likeness (QED) is 0.265. The molecule has 11 heteroatoms. The van der Waals surface area contributed by atoms with Gasteiger partial charge in [-0.25, -0.2) is 23.4 Å². The highest BCUT2D eigenvalue weighted by Gasteiger charge is 2.34. The number of hydrogen-bond acceptors (Lipinski definition) is 9. The van der Waals surface area contributed by atoms with E-state index in [9.17, 15) is 8.42 Å². The molecule has 0 bridgehead atoms. The van der Waals surface area contributed by atoms with Gasteiger partial charge in [0.1, 0.15) is 34.5 Å². The summed E-state index contributed by atoms with van der Waals surface area (Å²) in [5, 5.41) is 8.02. The van der Waals surface area contributed by atoms with Crippen molar-refractivity contribution in [2.24, 2.45) is 0 Å². The maximum Gasteiger partial charge on any atom is 0.187 e. The monoisotopic (exact) mass is 550 g/mol. The average Bonchev–Trinajstić information content (AvgIpc) is 3.35. The third-order valence-electron chi connectivity index (χ3n) is 6.79. The minimum atomic E-state index is -3.74. The summed E-state index contributed by atoms with van der Waals surface area (Å²) in [6.07, 6.45) is 4.71. The number of benzene rings is 1. The standard InChI is InChI=1S/C28H34N6O4S/c1-7-20-11-9-12-22(31-20)28-33-32-25(34(28)26-23(37-5)13-10-14-24(26)38-6)17-39(35,36)19(4)21(8-2)27-29-15-18(3)16-30-27/h9-16,19,21H,7-8,17H2,1-6H3/t19-,21-/m0/s1. The topological polar surface area (TPSA) is 122 Å². The molecule has 0 fully saturated rings. The van der Waals surface area contributed by atoms with Crippen molar-refractivity contribution in [1.82, 2.24) is 29.7 Å². The molecule has 39 heavy (non-hydrogen) atoms. The van der Waals surface area contributed by atoms with Gasteiger partial charge < -0.3 is 9.47 Å². The third kappa shape index (κ3) is 5.78. The fourth-order valence-electron chi connectivity index (χ4n) is 4.54. The van der Waals surface area contributed by atoms with Crippen LogP contribution in [0.3, 0.4) is 0 Å². The number of nitrogens with zero attached hydrogens (tertiary/aromatic N) is 6. The molecular formula is C28H34N6O4S. The minimum absolute atomic E-state index is 0.225. The molecule has 4 rings (SSSR count). The van der Waals surface area contributed by atoms with E-state index in [0.29, 0.717) is 40.9 Å². The fourth-order valence-corrected chi connectivity index (χ4v) is 6.17. The Bertz CT molecular complexity index is 1510. The normalized spacial score (nSPS) is 13.2. The molecule has 0 N–H and O–H groups in total. The van der Waals surface area contributed by atoms with E-state index >= 15 is 0 Å². The molecule has 0 spiro atoms. The Morgan fingerprint density at radius 3 is 2.18 bits per heavy atom. The molecule has 2 atom stereocenters. The van der Waals surface area contributed by atoms with Gasteiger partial charge in [0.05, 0.1) is 19.5 Å². The first kappa shape index (κ1) is 28.2. The van der Waals surface area contributed by atoms with Gasteiger partial charge in [0.2, 0.25) is 0 Å². The van der Waals surface area contributed by atoms with E-state index in [0.717, 1.165) is 17.7 Å². The molecule has 206 valence electrons. The Morgan fingerprint density at radius 2 is 1.59 bits per heavy atom. The summed E-state index contributed by atoms with van der Waals surface area (Å²) in [4.78, 5) is 13.5. The van der Waals surface area contributed by atoms with Crippen molar-refractivity contribution in [3.63, 3.8) is 0 Å². The summed E-state index contributed by atoms with van der Waals surface area (Å²) < 4.78 is 40.7. The van der Waals surface area contributed by atoms with Gasteiger partial charge in [-0.2, -0.15) is 0 Å². The van der Waals surface area contributed by atoms with Crippen LogP contribution in [0.4, 0.5) is 0 Å². The van der Waals surface area contributed by atoms with Gasteiger partial charge in [-0.3, -0.25) is 4.57 Å².